The Bertz CT molecular complexity index is 1520. The lowest BCUT2D eigenvalue weighted by Gasteiger charge is -2.31. The number of ether oxygens (including phenoxy) is 6. The maximum Gasteiger partial charge on any atom is 0.407 e. The first-order valence-electron chi connectivity index (χ1n) is 16.1. The maximum atomic E-state index is 13.9. The summed E-state index contributed by atoms with van der Waals surface area (Å²) < 4.78 is 62.4. The molecule has 0 bridgehead atoms. The molecule has 2 aromatic carbocycles. The van der Waals surface area contributed by atoms with E-state index in [4.69, 9.17) is 33.5 Å². The second-order valence-electron chi connectivity index (χ2n) is 12.7. The van der Waals surface area contributed by atoms with E-state index < -0.39 is 46.6 Å². The standard InChI is InChI=1S/C33H44N2O12S/c1-20(2)16-35(48(40,41)24-9-10-28-29(15-24)45-19-44-28)17-27(36)26(34-33(39)47-30-18-43-32-25(30)12-13-42-32)14-22-5-7-23(8-6-22)46-21(3)4-11-31(37)38/h5-10,15,20-21,25-27,30,32,36H,4,11-14,16-19H2,1-3H3,(H,34,39)(H,37,38). The Kier molecular flexibility index (Phi) is 11.7. The second-order valence-corrected chi connectivity index (χ2v) is 14.7. The number of carboxylic acids is 1. The van der Waals surface area contributed by atoms with Gasteiger partial charge in [-0.3, -0.25) is 4.79 Å². The molecule has 0 spiro atoms. The smallest absolute Gasteiger partial charge is 0.407 e. The van der Waals surface area contributed by atoms with Crippen LogP contribution in [0.2, 0.25) is 0 Å². The number of aliphatic hydroxyl groups is 1. The molecule has 15 heteroatoms. The van der Waals surface area contributed by atoms with Gasteiger partial charge in [0.1, 0.15) is 11.9 Å². The summed E-state index contributed by atoms with van der Waals surface area (Å²) in [7, 11) is -4.09. The molecular formula is C33H44N2O12S. The van der Waals surface area contributed by atoms with E-state index in [1.54, 1.807) is 31.2 Å². The zero-order valence-electron chi connectivity index (χ0n) is 27.3. The van der Waals surface area contributed by atoms with E-state index in [2.05, 4.69) is 5.32 Å². The molecule has 3 heterocycles. The van der Waals surface area contributed by atoms with Crippen molar-refractivity contribution >= 4 is 22.1 Å². The lowest BCUT2D eigenvalue weighted by atomic mass is 10.0. The average molecular weight is 693 g/mol. The number of hydrogen-bond acceptors (Lipinski definition) is 11. The van der Waals surface area contributed by atoms with E-state index in [1.807, 2.05) is 13.8 Å². The predicted octanol–water partition coefficient (Wildman–Crippen LogP) is 3.15. The van der Waals surface area contributed by atoms with Crippen LogP contribution in [0.5, 0.6) is 17.2 Å². The number of sulfonamides is 1. The molecule has 48 heavy (non-hydrogen) atoms. The van der Waals surface area contributed by atoms with Gasteiger partial charge in [0.15, 0.2) is 17.8 Å². The number of nitrogens with one attached hydrogen (secondary N) is 1. The fourth-order valence-corrected chi connectivity index (χ4v) is 7.57. The topological polar surface area (TPSA) is 179 Å². The van der Waals surface area contributed by atoms with E-state index in [0.29, 0.717) is 36.7 Å². The van der Waals surface area contributed by atoms with Gasteiger partial charge >= 0.3 is 12.1 Å². The molecule has 6 atom stereocenters. The van der Waals surface area contributed by atoms with Crippen LogP contribution in [0.15, 0.2) is 47.4 Å². The van der Waals surface area contributed by atoms with Crippen LogP contribution in [0.1, 0.15) is 45.6 Å². The van der Waals surface area contributed by atoms with Gasteiger partial charge in [-0.2, -0.15) is 4.31 Å². The number of aliphatic carboxylic acids is 1. The minimum Gasteiger partial charge on any atom is -0.491 e. The maximum absolute atomic E-state index is 13.9. The molecule has 14 nitrogen and oxygen atoms in total. The van der Waals surface area contributed by atoms with Crippen molar-refractivity contribution in [2.24, 2.45) is 11.8 Å². The van der Waals surface area contributed by atoms with Crippen LogP contribution < -0.4 is 19.5 Å². The molecule has 1 amide bonds. The Hall–Kier alpha value is -3.63. The molecule has 6 unspecified atom stereocenters. The van der Waals surface area contributed by atoms with Gasteiger partial charge in [0.05, 0.1) is 42.3 Å². The Labute approximate surface area is 280 Å². The quantitative estimate of drug-likeness (QED) is 0.234. The highest BCUT2D eigenvalue weighted by Crippen LogP contribution is 2.35. The van der Waals surface area contributed by atoms with Crippen LogP contribution in [-0.2, 0) is 35.4 Å². The van der Waals surface area contributed by atoms with Crippen molar-refractivity contribution in [3.8, 4) is 17.2 Å². The molecule has 0 radical (unpaired) electrons. The van der Waals surface area contributed by atoms with Crippen LogP contribution >= 0.6 is 0 Å². The van der Waals surface area contributed by atoms with Crippen LogP contribution in [0.4, 0.5) is 4.79 Å². The SMILES string of the molecule is CC(C)CN(CC(O)C(Cc1ccc(OC(C)CCC(=O)O)cc1)NC(=O)OC1COC2OCCC12)S(=O)(=O)c1ccc2c(c1)OCO2. The van der Waals surface area contributed by atoms with Crippen molar-refractivity contribution in [1.82, 2.24) is 9.62 Å². The normalized spacial score (nSPS) is 21.9. The zero-order valence-corrected chi connectivity index (χ0v) is 28.1. The highest BCUT2D eigenvalue weighted by Gasteiger charge is 2.44. The number of benzene rings is 2. The Morgan fingerprint density at radius 2 is 1.79 bits per heavy atom. The fourth-order valence-electron chi connectivity index (χ4n) is 5.93. The number of nitrogens with zero attached hydrogens (tertiary/aromatic N) is 1. The van der Waals surface area contributed by atoms with Crippen LogP contribution in [-0.4, -0.2) is 98.7 Å². The lowest BCUT2D eigenvalue weighted by Crippen LogP contribution is -2.51. The van der Waals surface area contributed by atoms with Crippen molar-refractivity contribution in [2.75, 3.05) is 33.1 Å². The number of rotatable bonds is 16. The molecular weight excluding hydrogens is 648 g/mol. The lowest BCUT2D eigenvalue weighted by molar-refractivity contribution is -0.137. The third-order valence-electron chi connectivity index (χ3n) is 8.43. The molecule has 2 saturated heterocycles. The molecule has 0 saturated carbocycles. The van der Waals surface area contributed by atoms with Crippen molar-refractivity contribution in [3.05, 3.63) is 48.0 Å². The summed E-state index contributed by atoms with van der Waals surface area (Å²) in [6, 6.07) is 10.4. The predicted molar refractivity (Wildman–Crippen MR) is 170 cm³/mol. The van der Waals surface area contributed by atoms with Gasteiger partial charge in [0, 0.05) is 25.6 Å². The highest BCUT2D eigenvalue weighted by molar-refractivity contribution is 7.89. The third-order valence-corrected chi connectivity index (χ3v) is 10.3. The molecule has 2 fully saturated rings. The van der Waals surface area contributed by atoms with Gasteiger partial charge in [0.2, 0.25) is 16.8 Å². The number of amides is 1. The van der Waals surface area contributed by atoms with E-state index in [0.717, 1.165) is 5.56 Å². The summed E-state index contributed by atoms with van der Waals surface area (Å²) >= 11 is 0. The van der Waals surface area contributed by atoms with Gasteiger partial charge in [-0.05, 0) is 61.9 Å². The minimum atomic E-state index is -4.09. The molecule has 3 aliphatic heterocycles. The molecule has 264 valence electrons. The van der Waals surface area contributed by atoms with Crippen LogP contribution in [0.3, 0.4) is 0 Å². The number of carbonyl (C=O) groups excluding carboxylic acids is 1. The van der Waals surface area contributed by atoms with Gasteiger partial charge in [-0.25, -0.2) is 13.2 Å². The zero-order chi connectivity index (χ0) is 34.4. The summed E-state index contributed by atoms with van der Waals surface area (Å²) in [5, 5.41) is 23.3. The van der Waals surface area contributed by atoms with Gasteiger partial charge in [0.25, 0.3) is 0 Å². The first kappa shape index (κ1) is 35.7. The molecule has 0 aromatic heterocycles. The van der Waals surface area contributed by atoms with Gasteiger partial charge < -0.3 is 44.0 Å². The molecule has 3 N–H and O–H groups in total. The summed E-state index contributed by atoms with van der Waals surface area (Å²) in [5.74, 6) is 0.238. The monoisotopic (exact) mass is 692 g/mol. The third kappa shape index (κ3) is 9.08. The first-order valence-corrected chi connectivity index (χ1v) is 17.6. The number of fused-ring (bicyclic) bond motifs is 2. The summed E-state index contributed by atoms with van der Waals surface area (Å²) in [5.41, 5.74) is 0.729. The number of carbonyl (C=O) groups is 2. The summed E-state index contributed by atoms with van der Waals surface area (Å²) in [6.45, 7) is 6.03. The van der Waals surface area contributed by atoms with E-state index in [-0.39, 0.29) is 62.2 Å². The van der Waals surface area contributed by atoms with Crippen LogP contribution in [0.25, 0.3) is 0 Å². The Balaban J connectivity index is 1.32. The van der Waals surface area contributed by atoms with Crippen LogP contribution in [0, 0.1) is 11.8 Å². The Morgan fingerprint density at radius 3 is 2.52 bits per heavy atom. The number of hydrogen-bond donors (Lipinski definition) is 3. The number of aliphatic hydroxyl groups excluding tert-OH is 1. The fraction of sp³-hybridized carbons (Fsp3) is 0.576. The molecule has 2 aromatic rings. The average Bonchev–Trinajstić information content (AvgIpc) is 3.79. The van der Waals surface area contributed by atoms with Gasteiger partial charge in [-0.1, -0.05) is 26.0 Å². The number of alkyl carbamates (subject to hydrolysis) is 1. The minimum absolute atomic E-state index is 0.00499. The largest absolute Gasteiger partial charge is 0.491 e. The molecule has 5 rings (SSSR count). The van der Waals surface area contributed by atoms with Crippen molar-refractivity contribution in [1.29, 1.82) is 0 Å². The summed E-state index contributed by atoms with van der Waals surface area (Å²) in [6.07, 6.45) is -2.18. The van der Waals surface area contributed by atoms with E-state index >= 15 is 0 Å². The molecule has 3 aliphatic rings. The first-order chi connectivity index (χ1) is 22.9. The summed E-state index contributed by atoms with van der Waals surface area (Å²) in [4.78, 5) is 24.1. The van der Waals surface area contributed by atoms with Crippen molar-refractivity contribution in [3.63, 3.8) is 0 Å². The highest BCUT2D eigenvalue weighted by atomic mass is 32.2. The second kappa shape index (κ2) is 15.7. The Morgan fingerprint density at radius 1 is 1.04 bits per heavy atom. The van der Waals surface area contributed by atoms with E-state index in [1.165, 1.54) is 22.5 Å². The van der Waals surface area contributed by atoms with E-state index in [9.17, 15) is 23.1 Å². The van der Waals surface area contributed by atoms with Crippen molar-refractivity contribution < 1.29 is 56.6 Å². The van der Waals surface area contributed by atoms with Crippen molar-refractivity contribution in [2.45, 2.75) is 82.0 Å². The van der Waals surface area contributed by atoms with Gasteiger partial charge in [-0.15, -0.1) is 0 Å². The number of carboxylic acid groups (broad SMARTS) is 1. The molecule has 0 aliphatic carbocycles.